The Labute approximate surface area is 103 Å². The minimum absolute atomic E-state index is 0.379. The molecule has 0 saturated heterocycles. The van der Waals surface area contributed by atoms with Crippen LogP contribution in [0.4, 0.5) is 13.2 Å². The summed E-state index contributed by atoms with van der Waals surface area (Å²) in [6, 6.07) is 1.62. The first-order valence-electron chi connectivity index (χ1n) is 5.50. The van der Waals surface area contributed by atoms with E-state index in [-0.39, 0.29) is 6.42 Å². The highest BCUT2D eigenvalue weighted by molar-refractivity contribution is 5.90. The molecule has 2 N–H and O–H groups in total. The number of aromatic nitrogens is 2. The molecule has 1 aromatic heterocycles. The number of alkyl halides is 3. The second-order valence-electron chi connectivity index (χ2n) is 4.40. The van der Waals surface area contributed by atoms with Crippen molar-refractivity contribution in [1.82, 2.24) is 9.78 Å². The van der Waals surface area contributed by atoms with Gasteiger partial charge in [-0.25, -0.2) is 0 Å². The molecule has 0 saturated carbocycles. The van der Waals surface area contributed by atoms with Crippen LogP contribution in [-0.2, 0) is 24.7 Å². The van der Waals surface area contributed by atoms with Crippen molar-refractivity contribution in [2.75, 3.05) is 0 Å². The van der Waals surface area contributed by atoms with E-state index in [0.717, 1.165) is 5.69 Å². The van der Waals surface area contributed by atoms with Crippen molar-refractivity contribution >= 4 is 5.78 Å². The minimum atomic E-state index is -4.75. The van der Waals surface area contributed by atoms with Crippen molar-refractivity contribution in [2.45, 2.75) is 38.4 Å². The summed E-state index contributed by atoms with van der Waals surface area (Å²) in [6.45, 7) is 2.56. The zero-order valence-corrected chi connectivity index (χ0v) is 10.5. The fourth-order valence-corrected chi connectivity index (χ4v) is 1.42. The van der Waals surface area contributed by atoms with E-state index in [1.165, 1.54) is 4.68 Å². The zero-order chi connectivity index (χ0) is 14.1. The molecule has 1 unspecified atom stereocenters. The lowest BCUT2D eigenvalue weighted by Gasteiger charge is -2.25. The predicted molar refractivity (Wildman–Crippen MR) is 59.9 cm³/mol. The third-order valence-electron chi connectivity index (χ3n) is 2.90. The van der Waals surface area contributed by atoms with Crippen LogP contribution in [0.2, 0.25) is 0 Å². The Bertz CT molecular complexity index is 449. The molecule has 0 fully saturated rings. The van der Waals surface area contributed by atoms with E-state index >= 15 is 0 Å². The molecule has 1 rings (SSSR count). The van der Waals surface area contributed by atoms with Crippen LogP contribution in [0, 0.1) is 0 Å². The summed E-state index contributed by atoms with van der Waals surface area (Å²) >= 11 is 0. The Morgan fingerprint density at radius 3 is 2.44 bits per heavy atom. The average Bonchev–Trinajstić information content (AvgIpc) is 2.58. The highest BCUT2D eigenvalue weighted by Gasteiger charge is 2.53. The van der Waals surface area contributed by atoms with Gasteiger partial charge >= 0.3 is 6.18 Å². The maximum atomic E-state index is 12.6. The molecule has 0 radical (unpaired) electrons. The van der Waals surface area contributed by atoms with E-state index in [9.17, 15) is 18.0 Å². The number of hydrogen-bond donors (Lipinski definition) is 1. The van der Waals surface area contributed by atoms with Crippen LogP contribution in [-0.4, -0.2) is 27.3 Å². The standard InChI is InChI=1S/C11H16F3N3O/c1-4-7-5-8(17(3)16-7)6-9(18)10(2,15)11(12,13)14/h5H,4,6,15H2,1-3H3. The molecule has 0 aliphatic rings. The van der Waals surface area contributed by atoms with Crippen LogP contribution >= 0.6 is 0 Å². The first-order chi connectivity index (χ1) is 8.09. The van der Waals surface area contributed by atoms with Gasteiger partial charge in [0, 0.05) is 12.7 Å². The second-order valence-corrected chi connectivity index (χ2v) is 4.40. The van der Waals surface area contributed by atoms with Crippen molar-refractivity contribution in [3.8, 4) is 0 Å². The molecular weight excluding hydrogens is 247 g/mol. The fourth-order valence-electron chi connectivity index (χ4n) is 1.42. The molecule has 1 aromatic rings. The van der Waals surface area contributed by atoms with Crippen molar-refractivity contribution in [3.63, 3.8) is 0 Å². The quantitative estimate of drug-likeness (QED) is 0.892. The Hall–Kier alpha value is -1.37. The van der Waals surface area contributed by atoms with Crippen LogP contribution in [0.1, 0.15) is 25.2 Å². The number of nitrogens with zero attached hydrogens (tertiary/aromatic N) is 2. The van der Waals surface area contributed by atoms with E-state index in [2.05, 4.69) is 5.10 Å². The van der Waals surface area contributed by atoms with Gasteiger partial charge in [0.1, 0.15) is 0 Å². The monoisotopic (exact) mass is 263 g/mol. The van der Waals surface area contributed by atoms with E-state index in [0.29, 0.717) is 19.0 Å². The van der Waals surface area contributed by atoms with Crippen molar-refractivity contribution < 1.29 is 18.0 Å². The van der Waals surface area contributed by atoms with E-state index in [1.807, 2.05) is 6.92 Å². The maximum Gasteiger partial charge on any atom is 0.413 e. The molecule has 102 valence electrons. The molecule has 4 nitrogen and oxygen atoms in total. The Morgan fingerprint density at radius 2 is 2.06 bits per heavy atom. The Morgan fingerprint density at radius 1 is 1.50 bits per heavy atom. The van der Waals surface area contributed by atoms with Crippen molar-refractivity contribution in [1.29, 1.82) is 0 Å². The largest absolute Gasteiger partial charge is 0.413 e. The van der Waals surface area contributed by atoms with Gasteiger partial charge in [0.05, 0.1) is 12.1 Å². The molecule has 0 aliphatic carbocycles. The van der Waals surface area contributed by atoms with Crippen LogP contribution < -0.4 is 5.73 Å². The summed E-state index contributed by atoms with van der Waals surface area (Å²) in [6.07, 6.45) is -4.48. The lowest BCUT2D eigenvalue weighted by molar-refractivity contribution is -0.185. The van der Waals surface area contributed by atoms with E-state index in [4.69, 9.17) is 5.73 Å². The highest BCUT2D eigenvalue weighted by atomic mass is 19.4. The lowest BCUT2D eigenvalue weighted by atomic mass is 9.93. The third-order valence-corrected chi connectivity index (χ3v) is 2.90. The summed E-state index contributed by atoms with van der Waals surface area (Å²) < 4.78 is 39.2. The number of carbonyl (C=O) groups excluding carboxylic acids is 1. The molecular formula is C11H16F3N3O. The molecule has 0 aliphatic heterocycles. The number of ketones is 1. The van der Waals surface area contributed by atoms with Gasteiger partial charge in [0.2, 0.25) is 0 Å². The highest BCUT2D eigenvalue weighted by Crippen LogP contribution is 2.29. The molecule has 1 heterocycles. The van der Waals surface area contributed by atoms with Gasteiger partial charge in [0.25, 0.3) is 0 Å². The van der Waals surface area contributed by atoms with Crippen LogP contribution in [0.15, 0.2) is 6.07 Å². The molecule has 0 amide bonds. The first-order valence-corrected chi connectivity index (χ1v) is 5.50. The number of rotatable bonds is 4. The van der Waals surface area contributed by atoms with Gasteiger partial charge in [-0.15, -0.1) is 0 Å². The van der Waals surface area contributed by atoms with Gasteiger partial charge in [-0.05, 0) is 19.4 Å². The average molecular weight is 263 g/mol. The number of hydrogen-bond acceptors (Lipinski definition) is 3. The van der Waals surface area contributed by atoms with Gasteiger partial charge in [-0.3, -0.25) is 9.48 Å². The number of carbonyl (C=O) groups is 1. The molecule has 18 heavy (non-hydrogen) atoms. The fraction of sp³-hybridized carbons (Fsp3) is 0.636. The van der Waals surface area contributed by atoms with Gasteiger partial charge in [-0.2, -0.15) is 18.3 Å². The number of Topliss-reactive ketones (excluding diaryl/α,β-unsaturated/α-hetero) is 1. The van der Waals surface area contributed by atoms with Crippen molar-refractivity contribution in [2.24, 2.45) is 12.8 Å². The van der Waals surface area contributed by atoms with Gasteiger partial charge < -0.3 is 5.73 Å². The molecule has 1 atom stereocenters. The summed E-state index contributed by atoms with van der Waals surface area (Å²) in [5.41, 5.74) is 3.40. The predicted octanol–water partition coefficient (Wildman–Crippen LogP) is 1.37. The summed E-state index contributed by atoms with van der Waals surface area (Å²) in [5.74, 6) is -1.07. The number of aryl methyl sites for hydroxylation is 2. The Balaban J connectivity index is 2.91. The smallest absolute Gasteiger partial charge is 0.312 e. The first kappa shape index (κ1) is 14.7. The molecule has 0 spiro atoms. The van der Waals surface area contributed by atoms with Crippen molar-refractivity contribution in [3.05, 3.63) is 17.5 Å². The van der Waals surface area contributed by atoms with E-state index in [1.54, 1.807) is 13.1 Å². The lowest BCUT2D eigenvalue weighted by Crippen LogP contribution is -2.57. The Kier molecular flexibility index (Phi) is 3.85. The number of halogens is 3. The SMILES string of the molecule is CCc1cc(CC(=O)C(C)(N)C(F)(F)F)n(C)n1. The van der Waals surface area contributed by atoms with Crippen LogP contribution in [0.3, 0.4) is 0 Å². The van der Waals surface area contributed by atoms with Crippen LogP contribution in [0.5, 0.6) is 0 Å². The minimum Gasteiger partial charge on any atom is -0.312 e. The topological polar surface area (TPSA) is 60.9 Å². The number of nitrogens with two attached hydrogens (primary N) is 1. The normalized spacial score (nSPS) is 15.5. The summed E-state index contributed by atoms with van der Waals surface area (Å²) in [5, 5.41) is 4.07. The second kappa shape index (κ2) is 4.72. The summed E-state index contributed by atoms with van der Waals surface area (Å²) in [4.78, 5) is 11.6. The molecule has 7 heteroatoms. The van der Waals surface area contributed by atoms with Gasteiger partial charge in [-0.1, -0.05) is 6.92 Å². The zero-order valence-electron chi connectivity index (χ0n) is 10.5. The molecule has 0 bridgehead atoms. The maximum absolute atomic E-state index is 12.6. The summed E-state index contributed by atoms with van der Waals surface area (Å²) in [7, 11) is 1.59. The molecule has 0 aromatic carbocycles. The third kappa shape index (κ3) is 2.72. The van der Waals surface area contributed by atoms with E-state index < -0.39 is 17.5 Å². The van der Waals surface area contributed by atoms with Crippen LogP contribution in [0.25, 0.3) is 0 Å². The van der Waals surface area contributed by atoms with Gasteiger partial charge in [0.15, 0.2) is 11.3 Å².